The predicted octanol–water partition coefficient (Wildman–Crippen LogP) is 5.03. The van der Waals surface area contributed by atoms with Gasteiger partial charge in [0.2, 0.25) is 0 Å². The number of H-pyrrole nitrogens is 1. The molecule has 1 N–H and O–H groups in total. The molecule has 0 saturated heterocycles. The number of aromatic nitrogens is 5. The van der Waals surface area contributed by atoms with Crippen LogP contribution in [0.25, 0.3) is 44.8 Å². The average molecular weight is 385 g/mol. The molecule has 3 aromatic carbocycles. The molecule has 2 heterocycles. The van der Waals surface area contributed by atoms with Crippen molar-refractivity contribution >= 4 is 11.0 Å². The van der Waals surface area contributed by atoms with E-state index in [1.807, 2.05) is 18.2 Å². The Kier molecular flexibility index (Phi) is 4.05. The molecular formula is C22H13F2N5. The molecule has 0 aliphatic heterocycles. The molecule has 29 heavy (non-hydrogen) atoms. The number of fused-ring (bicyclic) bond motifs is 1. The minimum atomic E-state index is -0.334. The second-order valence-electron chi connectivity index (χ2n) is 6.50. The van der Waals surface area contributed by atoms with Gasteiger partial charge in [0.15, 0.2) is 0 Å². The molecule has 5 aromatic rings. The van der Waals surface area contributed by atoms with E-state index in [0.717, 1.165) is 11.1 Å². The fraction of sp³-hybridized carbons (Fsp3) is 0. The molecule has 5 rings (SSSR count). The van der Waals surface area contributed by atoms with Crippen molar-refractivity contribution in [1.29, 1.82) is 0 Å². The molecule has 0 unspecified atom stereocenters. The Hall–Kier alpha value is -4.00. The Morgan fingerprint density at radius 2 is 1.17 bits per heavy atom. The van der Waals surface area contributed by atoms with Crippen LogP contribution >= 0.6 is 0 Å². The molecule has 0 fully saturated rings. The Labute approximate surface area is 164 Å². The number of halogens is 2. The number of rotatable bonds is 3. The van der Waals surface area contributed by atoms with Gasteiger partial charge in [-0.25, -0.2) is 18.7 Å². The lowest BCUT2D eigenvalue weighted by molar-refractivity contribution is 0.627. The molecule has 0 saturated carbocycles. The van der Waals surface area contributed by atoms with Crippen molar-refractivity contribution < 1.29 is 8.78 Å². The monoisotopic (exact) mass is 385 g/mol. The summed E-state index contributed by atoms with van der Waals surface area (Å²) >= 11 is 0. The summed E-state index contributed by atoms with van der Waals surface area (Å²) in [4.78, 5) is 9.58. The van der Waals surface area contributed by atoms with Gasteiger partial charge >= 0.3 is 0 Å². The van der Waals surface area contributed by atoms with Crippen molar-refractivity contribution in [3.05, 3.63) is 84.6 Å². The van der Waals surface area contributed by atoms with Gasteiger partial charge in [-0.1, -0.05) is 11.3 Å². The topological polar surface area (TPSA) is 67.3 Å². The smallest absolute Gasteiger partial charge is 0.123 e. The zero-order valence-corrected chi connectivity index (χ0v) is 15.0. The lowest BCUT2D eigenvalue weighted by atomic mass is 10.0. The minimum Gasteiger partial charge on any atom is -0.265 e. The normalized spacial score (nSPS) is 11.1. The van der Waals surface area contributed by atoms with Crippen molar-refractivity contribution in [3.8, 4) is 33.8 Å². The number of benzene rings is 3. The molecular weight excluding hydrogens is 372 g/mol. The van der Waals surface area contributed by atoms with Crippen LogP contribution in [-0.2, 0) is 0 Å². The van der Waals surface area contributed by atoms with Gasteiger partial charge in [-0.05, 0) is 60.7 Å². The first-order valence-corrected chi connectivity index (χ1v) is 8.88. The highest BCUT2D eigenvalue weighted by molar-refractivity contribution is 5.88. The Morgan fingerprint density at radius 1 is 0.621 bits per heavy atom. The van der Waals surface area contributed by atoms with Crippen molar-refractivity contribution in [2.75, 3.05) is 0 Å². The van der Waals surface area contributed by atoms with Gasteiger partial charge in [-0.3, -0.25) is 5.10 Å². The van der Waals surface area contributed by atoms with Crippen LogP contribution in [0.4, 0.5) is 8.78 Å². The van der Waals surface area contributed by atoms with Crippen molar-refractivity contribution in [3.63, 3.8) is 0 Å². The van der Waals surface area contributed by atoms with Crippen LogP contribution in [0.2, 0.25) is 0 Å². The third-order valence-electron chi connectivity index (χ3n) is 4.61. The van der Waals surface area contributed by atoms with E-state index in [2.05, 4.69) is 15.4 Å². The van der Waals surface area contributed by atoms with Crippen LogP contribution in [0.5, 0.6) is 0 Å². The quantitative estimate of drug-likeness (QED) is 0.473. The number of nitrogens with one attached hydrogen (secondary N) is 1. The summed E-state index contributed by atoms with van der Waals surface area (Å²) in [6.07, 6.45) is 1.70. The maximum Gasteiger partial charge on any atom is 0.123 e. The lowest BCUT2D eigenvalue weighted by Gasteiger charge is -2.11. The molecule has 0 spiro atoms. The van der Waals surface area contributed by atoms with Gasteiger partial charge in [-0.2, -0.15) is 0 Å². The molecule has 0 atom stereocenters. The molecule has 140 valence electrons. The van der Waals surface area contributed by atoms with E-state index in [-0.39, 0.29) is 11.6 Å². The highest BCUT2D eigenvalue weighted by Crippen LogP contribution is 2.32. The van der Waals surface area contributed by atoms with Gasteiger partial charge in [-0.15, -0.1) is 5.10 Å². The van der Waals surface area contributed by atoms with Crippen molar-refractivity contribution in [2.45, 2.75) is 0 Å². The zero-order chi connectivity index (χ0) is 19.8. The molecule has 0 aliphatic carbocycles. The molecule has 0 radical (unpaired) electrons. The Morgan fingerprint density at radius 3 is 1.72 bits per heavy atom. The number of hydrogen-bond donors (Lipinski definition) is 1. The second-order valence-corrected chi connectivity index (χ2v) is 6.50. The molecule has 5 nitrogen and oxygen atoms in total. The molecule has 7 heteroatoms. The highest BCUT2D eigenvalue weighted by atomic mass is 19.1. The van der Waals surface area contributed by atoms with Gasteiger partial charge in [0.05, 0.1) is 22.4 Å². The van der Waals surface area contributed by atoms with Crippen molar-refractivity contribution in [1.82, 2.24) is 25.4 Å². The third kappa shape index (κ3) is 3.23. The number of nitrogens with zero attached hydrogens (tertiary/aromatic N) is 4. The van der Waals surface area contributed by atoms with E-state index in [4.69, 9.17) is 9.97 Å². The molecule has 0 bridgehead atoms. The summed E-state index contributed by atoms with van der Waals surface area (Å²) in [6, 6.07) is 17.7. The van der Waals surface area contributed by atoms with Crippen LogP contribution in [-0.4, -0.2) is 25.4 Å². The van der Waals surface area contributed by atoms with Crippen LogP contribution in [0.3, 0.4) is 0 Å². The first kappa shape index (κ1) is 17.1. The zero-order valence-electron chi connectivity index (χ0n) is 15.0. The number of aromatic amines is 1. The van der Waals surface area contributed by atoms with Gasteiger partial charge < -0.3 is 0 Å². The van der Waals surface area contributed by atoms with E-state index in [9.17, 15) is 8.78 Å². The number of hydrogen-bond acceptors (Lipinski definition) is 4. The summed E-state index contributed by atoms with van der Waals surface area (Å²) in [7, 11) is 0. The fourth-order valence-corrected chi connectivity index (χ4v) is 3.17. The molecule has 0 amide bonds. The first-order chi connectivity index (χ1) is 14.2. The second kappa shape index (κ2) is 6.87. The van der Waals surface area contributed by atoms with Gasteiger partial charge in [0.1, 0.15) is 17.3 Å². The Bertz CT molecular complexity index is 1300. The molecule has 0 aliphatic rings. The standard InChI is InChI=1S/C22H13F2N5/c23-16-6-1-13(2-7-16)21-22(14-3-8-17(24)9-4-14)27-19-11-15(5-10-18(19)26-21)20-12-25-29-28-20/h1-12H,(H,25,28,29). The third-order valence-corrected chi connectivity index (χ3v) is 4.61. The van der Waals surface area contributed by atoms with E-state index < -0.39 is 0 Å². The van der Waals surface area contributed by atoms with Crippen LogP contribution < -0.4 is 0 Å². The SMILES string of the molecule is Fc1ccc(-c2nc3ccc(-c4c[nH]nn4)cc3nc2-c2ccc(F)cc2)cc1. The summed E-state index contributed by atoms with van der Waals surface area (Å²) in [5, 5.41) is 10.5. The van der Waals surface area contributed by atoms with E-state index in [0.29, 0.717) is 33.7 Å². The maximum absolute atomic E-state index is 13.4. The van der Waals surface area contributed by atoms with Crippen molar-refractivity contribution in [2.24, 2.45) is 0 Å². The minimum absolute atomic E-state index is 0.330. The summed E-state index contributed by atoms with van der Waals surface area (Å²) in [5.41, 5.74) is 5.50. The Balaban J connectivity index is 1.75. The van der Waals surface area contributed by atoms with E-state index >= 15 is 0 Å². The van der Waals surface area contributed by atoms with Crippen LogP contribution in [0, 0.1) is 11.6 Å². The summed E-state index contributed by atoms with van der Waals surface area (Å²) in [5.74, 6) is -0.665. The lowest BCUT2D eigenvalue weighted by Crippen LogP contribution is -1.96. The first-order valence-electron chi connectivity index (χ1n) is 8.88. The van der Waals surface area contributed by atoms with Crippen LogP contribution in [0.1, 0.15) is 0 Å². The van der Waals surface area contributed by atoms with E-state index in [1.165, 1.54) is 24.3 Å². The van der Waals surface area contributed by atoms with Gasteiger partial charge in [0, 0.05) is 22.9 Å². The fourth-order valence-electron chi connectivity index (χ4n) is 3.17. The predicted molar refractivity (Wildman–Crippen MR) is 106 cm³/mol. The molecule has 2 aromatic heterocycles. The highest BCUT2D eigenvalue weighted by Gasteiger charge is 2.14. The summed E-state index contributed by atoms with van der Waals surface area (Å²) < 4.78 is 26.9. The largest absolute Gasteiger partial charge is 0.265 e. The summed E-state index contributed by atoms with van der Waals surface area (Å²) in [6.45, 7) is 0. The van der Waals surface area contributed by atoms with Crippen LogP contribution in [0.15, 0.2) is 72.9 Å². The average Bonchev–Trinajstić information content (AvgIpc) is 3.29. The van der Waals surface area contributed by atoms with E-state index in [1.54, 1.807) is 30.5 Å². The maximum atomic E-state index is 13.4. The van der Waals surface area contributed by atoms with Gasteiger partial charge in [0.25, 0.3) is 0 Å².